The van der Waals surface area contributed by atoms with Gasteiger partial charge in [-0.05, 0) is 30.6 Å². The summed E-state index contributed by atoms with van der Waals surface area (Å²) >= 11 is 5.63. The molecule has 3 aliphatic rings. The summed E-state index contributed by atoms with van der Waals surface area (Å²) in [6.07, 6.45) is 1.76. The summed E-state index contributed by atoms with van der Waals surface area (Å²) in [5, 5.41) is 32.9. The lowest BCUT2D eigenvalue weighted by molar-refractivity contribution is 0.260. The number of nitrogens with zero attached hydrogens (tertiary/aromatic N) is 3. The SMILES string of the molecule is CC12CNCCNCC(NC(=S)NCCCCN=[N+]=[N-])(CNCCNC1)CNCCNC2. The van der Waals surface area contributed by atoms with Crippen molar-refractivity contribution < 1.29 is 0 Å². The molecule has 11 nitrogen and oxygen atoms in total. The molecule has 0 aromatic rings. The van der Waals surface area contributed by atoms with Crippen LogP contribution in [0.2, 0.25) is 0 Å². The summed E-state index contributed by atoms with van der Waals surface area (Å²) in [4.78, 5) is 2.79. The van der Waals surface area contributed by atoms with Crippen LogP contribution in [-0.2, 0) is 0 Å². The Morgan fingerprint density at radius 3 is 1.78 bits per heavy atom. The molecular weight excluding hydrogens is 426 g/mol. The van der Waals surface area contributed by atoms with Crippen molar-refractivity contribution in [3.05, 3.63) is 10.4 Å². The van der Waals surface area contributed by atoms with E-state index in [4.69, 9.17) is 17.7 Å². The molecule has 0 amide bonds. The first-order chi connectivity index (χ1) is 15.6. The van der Waals surface area contributed by atoms with E-state index >= 15 is 0 Å². The van der Waals surface area contributed by atoms with E-state index in [1.807, 2.05) is 0 Å². The minimum absolute atomic E-state index is 0.179. The van der Waals surface area contributed by atoms with Crippen molar-refractivity contribution in [2.45, 2.75) is 25.3 Å². The first-order valence-corrected chi connectivity index (χ1v) is 12.3. The Bertz CT molecular complexity index is 538. The van der Waals surface area contributed by atoms with Crippen LogP contribution in [0.4, 0.5) is 0 Å². The van der Waals surface area contributed by atoms with Crippen molar-refractivity contribution in [3.8, 4) is 0 Å². The summed E-state index contributed by atoms with van der Waals surface area (Å²) < 4.78 is 0. The molecule has 12 heteroatoms. The van der Waals surface area contributed by atoms with Crippen molar-refractivity contribution >= 4 is 17.3 Å². The second-order valence-electron chi connectivity index (χ2n) is 9.19. The number of hydrogen-bond acceptors (Lipinski definition) is 8. The molecule has 0 aliphatic carbocycles. The third kappa shape index (κ3) is 11.1. The fraction of sp³-hybridized carbons (Fsp3) is 0.950. The van der Waals surface area contributed by atoms with Gasteiger partial charge in [-0.1, -0.05) is 12.0 Å². The lowest BCUT2D eigenvalue weighted by Gasteiger charge is -2.38. The van der Waals surface area contributed by atoms with Gasteiger partial charge in [-0.2, -0.15) is 0 Å². The zero-order valence-electron chi connectivity index (χ0n) is 19.6. The van der Waals surface area contributed by atoms with E-state index in [2.05, 4.69) is 59.5 Å². The van der Waals surface area contributed by atoms with Gasteiger partial charge < -0.3 is 42.5 Å². The third-order valence-corrected chi connectivity index (χ3v) is 6.14. The molecule has 3 fully saturated rings. The monoisotopic (exact) mass is 469 g/mol. The first kappa shape index (κ1) is 27.0. The topological polar surface area (TPSA) is 145 Å². The molecule has 0 spiro atoms. The lowest BCUT2D eigenvalue weighted by Crippen LogP contribution is -2.67. The van der Waals surface area contributed by atoms with Crippen LogP contribution in [-0.4, -0.2) is 102 Å². The second kappa shape index (κ2) is 15.6. The fourth-order valence-electron chi connectivity index (χ4n) is 4.03. The lowest BCUT2D eigenvalue weighted by atomic mass is 9.90. The third-order valence-electron chi connectivity index (χ3n) is 5.89. The minimum atomic E-state index is -0.252. The minimum Gasteiger partial charge on any atom is -0.363 e. The Hall–Kier alpha value is -1.24. The maximum atomic E-state index is 8.37. The predicted octanol–water partition coefficient (Wildman–Crippen LogP) is -1.15. The maximum absolute atomic E-state index is 8.37. The van der Waals surface area contributed by atoms with Crippen molar-refractivity contribution in [1.29, 1.82) is 0 Å². The normalized spacial score (nSPS) is 28.7. The highest BCUT2D eigenvalue weighted by atomic mass is 32.1. The van der Waals surface area contributed by atoms with Crippen LogP contribution in [0.1, 0.15) is 19.8 Å². The van der Waals surface area contributed by atoms with Gasteiger partial charge in [0.25, 0.3) is 0 Å². The summed E-state index contributed by atoms with van der Waals surface area (Å²) in [5.74, 6) is 0. The molecule has 0 radical (unpaired) electrons. The van der Waals surface area contributed by atoms with Gasteiger partial charge in [-0.3, -0.25) is 0 Å². The molecule has 0 aromatic heterocycles. The highest BCUT2D eigenvalue weighted by Crippen LogP contribution is 2.12. The highest BCUT2D eigenvalue weighted by molar-refractivity contribution is 7.80. The van der Waals surface area contributed by atoms with Crippen LogP contribution in [0.25, 0.3) is 10.4 Å². The zero-order valence-corrected chi connectivity index (χ0v) is 20.4. The Kier molecular flexibility index (Phi) is 13.1. The largest absolute Gasteiger partial charge is 0.363 e. The molecule has 0 atom stereocenters. The zero-order chi connectivity index (χ0) is 23.0. The molecule has 0 unspecified atom stereocenters. The molecule has 3 saturated heterocycles. The molecule has 3 heterocycles. The Balaban J connectivity index is 1.99. The van der Waals surface area contributed by atoms with Crippen LogP contribution < -0.4 is 42.5 Å². The van der Waals surface area contributed by atoms with Gasteiger partial charge >= 0.3 is 0 Å². The number of azide groups is 1. The van der Waals surface area contributed by atoms with Crippen LogP contribution >= 0.6 is 12.2 Å². The molecule has 3 aliphatic heterocycles. The van der Waals surface area contributed by atoms with Crippen LogP contribution in [0.3, 0.4) is 0 Å². The molecule has 2 bridgehead atoms. The van der Waals surface area contributed by atoms with Crippen molar-refractivity contribution in [3.63, 3.8) is 0 Å². The maximum Gasteiger partial charge on any atom is 0.166 e. The Labute approximate surface area is 198 Å². The summed E-state index contributed by atoms with van der Waals surface area (Å²) in [7, 11) is 0. The molecule has 3 rings (SSSR count). The number of thiocarbonyl (C=S) groups is 1. The number of hydrogen-bond donors (Lipinski definition) is 8. The van der Waals surface area contributed by atoms with Gasteiger partial charge in [0.15, 0.2) is 5.11 Å². The average Bonchev–Trinajstić information content (AvgIpc) is 2.77. The van der Waals surface area contributed by atoms with E-state index in [9.17, 15) is 0 Å². The average molecular weight is 470 g/mol. The number of rotatable bonds is 6. The summed E-state index contributed by atoms with van der Waals surface area (Å²) in [6.45, 7) is 14.4. The van der Waals surface area contributed by atoms with E-state index in [0.717, 1.165) is 97.9 Å². The van der Waals surface area contributed by atoms with Crippen molar-refractivity contribution in [2.24, 2.45) is 10.5 Å². The summed E-state index contributed by atoms with van der Waals surface area (Å²) in [5.41, 5.74) is 8.29. The van der Waals surface area contributed by atoms with Gasteiger partial charge in [0.2, 0.25) is 0 Å². The Morgan fingerprint density at radius 1 is 0.844 bits per heavy atom. The molecule has 8 N–H and O–H groups in total. The smallest absolute Gasteiger partial charge is 0.166 e. The van der Waals surface area contributed by atoms with Crippen molar-refractivity contribution in [2.75, 3.05) is 91.6 Å². The predicted molar refractivity (Wildman–Crippen MR) is 135 cm³/mol. The van der Waals surface area contributed by atoms with Crippen LogP contribution in [0.15, 0.2) is 5.11 Å². The second-order valence-corrected chi connectivity index (χ2v) is 9.60. The van der Waals surface area contributed by atoms with E-state index in [0.29, 0.717) is 11.7 Å². The van der Waals surface area contributed by atoms with Crippen LogP contribution in [0.5, 0.6) is 0 Å². The van der Waals surface area contributed by atoms with E-state index in [1.54, 1.807) is 0 Å². The van der Waals surface area contributed by atoms with E-state index < -0.39 is 0 Å². The fourth-order valence-corrected chi connectivity index (χ4v) is 4.35. The van der Waals surface area contributed by atoms with Gasteiger partial charge in [0.05, 0.1) is 5.54 Å². The number of fused-ring (bicyclic) bond motifs is 15. The van der Waals surface area contributed by atoms with E-state index in [-0.39, 0.29) is 11.0 Å². The highest BCUT2D eigenvalue weighted by Gasteiger charge is 2.31. The van der Waals surface area contributed by atoms with Gasteiger partial charge in [-0.15, -0.1) is 0 Å². The number of unbranched alkanes of at least 4 members (excludes halogenated alkanes) is 1. The van der Waals surface area contributed by atoms with Gasteiger partial charge in [0, 0.05) is 102 Å². The van der Waals surface area contributed by atoms with Gasteiger partial charge in [-0.25, -0.2) is 0 Å². The molecule has 0 saturated carbocycles. The Morgan fingerprint density at radius 2 is 1.31 bits per heavy atom. The van der Waals surface area contributed by atoms with Crippen molar-refractivity contribution in [1.82, 2.24) is 42.5 Å². The van der Waals surface area contributed by atoms with Gasteiger partial charge in [0.1, 0.15) is 0 Å². The molecule has 184 valence electrons. The molecule has 0 aromatic carbocycles. The molecule has 32 heavy (non-hydrogen) atoms. The van der Waals surface area contributed by atoms with Crippen LogP contribution in [0, 0.1) is 5.41 Å². The van der Waals surface area contributed by atoms with E-state index in [1.165, 1.54) is 0 Å². The first-order valence-electron chi connectivity index (χ1n) is 11.9. The molecular formula is C20H43N11S. The quantitative estimate of drug-likeness (QED) is 0.0795. The number of nitrogens with one attached hydrogen (secondary N) is 8. The summed E-state index contributed by atoms with van der Waals surface area (Å²) in [6, 6.07) is 0. The standard InChI is InChI=1S/C20H43N11S/c1-19-12-22-6-9-25-15-20(16-26-10-7-23-13-19,17-27-11-8-24-14-19)30-18(32)28-4-2-3-5-29-31-21/h22-27H,2-17H2,1H3,(H2,28,30,32).